The minimum Gasteiger partial charge on any atom is -0.435 e. The van der Waals surface area contributed by atoms with Crippen LogP contribution in [-0.2, 0) is 4.79 Å². The Morgan fingerprint density at radius 1 is 1.24 bits per heavy atom. The van der Waals surface area contributed by atoms with Crippen molar-refractivity contribution in [1.29, 1.82) is 0 Å². The van der Waals surface area contributed by atoms with Gasteiger partial charge in [-0.2, -0.15) is 8.78 Å². The molecule has 0 aliphatic rings. The summed E-state index contributed by atoms with van der Waals surface area (Å²) in [4.78, 5) is 24.9. The summed E-state index contributed by atoms with van der Waals surface area (Å²) in [5.41, 5.74) is 0.288. The zero-order valence-electron chi connectivity index (χ0n) is 12.1. The molecule has 21 heavy (non-hydrogen) atoms. The predicted molar refractivity (Wildman–Crippen MR) is 73.3 cm³/mol. The summed E-state index contributed by atoms with van der Waals surface area (Å²) in [6.45, 7) is 0.656. The summed E-state index contributed by atoms with van der Waals surface area (Å²) < 4.78 is 28.2. The quantitative estimate of drug-likeness (QED) is 0.872. The van der Waals surface area contributed by atoms with Crippen molar-refractivity contribution in [2.45, 2.75) is 26.5 Å². The Hall–Kier alpha value is -2.18. The highest BCUT2D eigenvalue weighted by Gasteiger charge is 2.15. The van der Waals surface area contributed by atoms with Gasteiger partial charge in [0.1, 0.15) is 5.75 Å². The molecule has 0 aliphatic heterocycles. The molecule has 0 saturated heterocycles. The van der Waals surface area contributed by atoms with Crippen molar-refractivity contribution in [3.05, 3.63) is 29.8 Å². The molecule has 0 unspecified atom stereocenters. The molecule has 2 amide bonds. The fourth-order valence-corrected chi connectivity index (χ4v) is 1.65. The van der Waals surface area contributed by atoms with Crippen molar-refractivity contribution >= 4 is 11.8 Å². The molecule has 0 atom stereocenters. The first-order chi connectivity index (χ1) is 9.79. The number of carbonyl (C=O) groups is 2. The van der Waals surface area contributed by atoms with Gasteiger partial charge < -0.3 is 15.0 Å². The van der Waals surface area contributed by atoms with Gasteiger partial charge in [0.15, 0.2) is 0 Å². The molecule has 0 heterocycles. The molecule has 0 aliphatic carbocycles. The zero-order chi connectivity index (χ0) is 16.0. The largest absolute Gasteiger partial charge is 0.435 e. The lowest BCUT2D eigenvalue weighted by Gasteiger charge is -2.18. The van der Waals surface area contributed by atoms with E-state index in [2.05, 4.69) is 10.1 Å². The second-order valence-electron chi connectivity index (χ2n) is 4.79. The number of ether oxygens (including phenoxy) is 1. The van der Waals surface area contributed by atoms with Gasteiger partial charge in [0.2, 0.25) is 5.91 Å². The molecule has 1 N–H and O–H groups in total. The van der Waals surface area contributed by atoms with Crippen LogP contribution >= 0.6 is 0 Å². The van der Waals surface area contributed by atoms with E-state index in [4.69, 9.17) is 0 Å². The number of nitrogens with zero attached hydrogens (tertiary/aromatic N) is 1. The summed E-state index contributed by atoms with van der Waals surface area (Å²) in [5, 5.41) is 2.67. The topological polar surface area (TPSA) is 58.6 Å². The number of likely N-dealkylation sites (N-methyl/N-ethyl adjacent to an activating group) is 1. The highest BCUT2D eigenvalue weighted by Crippen LogP contribution is 2.15. The van der Waals surface area contributed by atoms with Crippen molar-refractivity contribution in [3.8, 4) is 5.75 Å². The van der Waals surface area contributed by atoms with Crippen LogP contribution in [0.25, 0.3) is 0 Å². The molecule has 1 rings (SSSR count). The fraction of sp³-hybridized carbons (Fsp3) is 0.429. The van der Waals surface area contributed by atoms with Crippen LogP contribution in [0.4, 0.5) is 8.78 Å². The van der Waals surface area contributed by atoms with Gasteiger partial charge in [0.05, 0.1) is 6.54 Å². The molecule has 0 aromatic heterocycles. The Balaban J connectivity index is 2.63. The third-order valence-electron chi connectivity index (χ3n) is 2.50. The normalized spacial score (nSPS) is 10.6. The molecule has 1 aromatic rings. The van der Waals surface area contributed by atoms with Gasteiger partial charge in [-0.15, -0.1) is 0 Å². The Labute approximate surface area is 121 Å². The zero-order valence-corrected chi connectivity index (χ0v) is 12.1. The molecular weight excluding hydrogens is 282 g/mol. The average molecular weight is 300 g/mol. The maximum absolute atomic E-state index is 12.1. The molecular formula is C14H18F2N2O3. The van der Waals surface area contributed by atoms with Crippen molar-refractivity contribution in [3.63, 3.8) is 0 Å². The Bertz CT molecular complexity index is 489. The van der Waals surface area contributed by atoms with Crippen LogP contribution < -0.4 is 10.1 Å². The van der Waals surface area contributed by atoms with Crippen LogP contribution in [0.15, 0.2) is 24.3 Å². The van der Waals surface area contributed by atoms with Crippen LogP contribution in [0.2, 0.25) is 0 Å². The number of carbonyl (C=O) groups excluding carboxylic acids is 2. The van der Waals surface area contributed by atoms with E-state index in [1.165, 1.54) is 36.2 Å². The van der Waals surface area contributed by atoms with Crippen LogP contribution in [0, 0.1) is 0 Å². The van der Waals surface area contributed by atoms with Gasteiger partial charge in [-0.3, -0.25) is 9.59 Å². The lowest BCUT2D eigenvalue weighted by Crippen LogP contribution is -2.40. The molecule has 0 radical (unpaired) electrons. The standard InChI is InChI=1S/C14H18F2N2O3/c1-9(2)17-12(19)8-18(3)13(20)10-4-6-11(7-5-10)21-14(15)16/h4-7,9,14H,8H2,1-3H3,(H,17,19). The van der Waals surface area contributed by atoms with Crippen LogP contribution in [0.3, 0.4) is 0 Å². The maximum atomic E-state index is 12.1. The molecule has 0 fully saturated rings. The first-order valence-corrected chi connectivity index (χ1v) is 6.39. The Morgan fingerprint density at radius 3 is 2.29 bits per heavy atom. The van der Waals surface area contributed by atoms with Gasteiger partial charge in [0.25, 0.3) is 5.91 Å². The predicted octanol–water partition coefficient (Wildman–Crippen LogP) is 1.88. The summed E-state index contributed by atoms with van der Waals surface area (Å²) in [7, 11) is 1.49. The fourth-order valence-electron chi connectivity index (χ4n) is 1.65. The number of hydrogen-bond donors (Lipinski definition) is 1. The van der Waals surface area contributed by atoms with E-state index >= 15 is 0 Å². The van der Waals surface area contributed by atoms with E-state index in [9.17, 15) is 18.4 Å². The summed E-state index contributed by atoms with van der Waals surface area (Å²) >= 11 is 0. The Morgan fingerprint density at radius 2 is 1.81 bits per heavy atom. The number of rotatable bonds is 6. The van der Waals surface area contributed by atoms with Crippen LogP contribution in [0.5, 0.6) is 5.75 Å². The summed E-state index contributed by atoms with van der Waals surface area (Å²) in [5.74, 6) is -0.669. The number of nitrogens with one attached hydrogen (secondary N) is 1. The van der Waals surface area contributed by atoms with Crippen LogP contribution in [-0.4, -0.2) is 43.0 Å². The summed E-state index contributed by atoms with van der Waals surface area (Å²) in [6, 6.07) is 5.29. The van der Waals surface area contributed by atoms with E-state index in [0.717, 1.165) is 0 Å². The van der Waals surface area contributed by atoms with Crippen molar-refractivity contribution in [2.75, 3.05) is 13.6 Å². The van der Waals surface area contributed by atoms with Crippen LogP contribution in [0.1, 0.15) is 24.2 Å². The SMILES string of the molecule is CC(C)NC(=O)CN(C)C(=O)c1ccc(OC(F)F)cc1. The molecule has 0 bridgehead atoms. The smallest absolute Gasteiger partial charge is 0.387 e. The third-order valence-corrected chi connectivity index (χ3v) is 2.50. The third kappa shape index (κ3) is 5.76. The van der Waals surface area contributed by atoms with Crippen molar-refractivity contribution in [2.24, 2.45) is 0 Å². The highest BCUT2D eigenvalue weighted by atomic mass is 19.3. The molecule has 0 saturated carbocycles. The lowest BCUT2D eigenvalue weighted by molar-refractivity contribution is -0.122. The highest BCUT2D eigenvalue weighted by molar-refractivity contribution is 5.96. The van der Waals surface area contributed by atoms with Crippen molar-refractivity contribution < 1.29 is 23.1 Å². The van der Waals surface area contributed by atoms with Gasteiger partial charge >= 0.3 is 6.61 Å². The van der Waals surface area contributed by atoms with Gasteiger partial charge in [-0.25, -0.2) is 0 Å². The van der Waals surface area contributed by atoms with Gasteiger partial charge in [0, 0.05) is 18.7 Å². The van der Waals surface area contributed by atoms with E-state index in [1.807, 2.05) is 13.8 Å². The Kier molecular flexibility index (Phi) is 6.08. The number of alkyl halides is 2. The second kappa shape index (κ2) is 7.56. The minimum atomic E-state index is -2.91. The first kappa shape index (κ1) is 16.9. The molecule has 5 nitrogen and oxygen atoms in total. The molecule has 7 heteroatoms. The molecule has 116 valence electrons. The molecule has 0 spiro atoms. The van der Waals surface area contributed by atoms with E-state index < -0.39 is 6.61 Å². The van der Waals surface area contributed by atoms with Crippen molar-refractivity contribution in [1.82, 2.24) is 10.2 Å². The second-order valence-corrected chi connectivity index (χ2v) is 4.79. The first-order valence-electron chi connectivity index (χ1n) is 6.39. The summed E-state index contributed by atoms with van der Waals surface area (Å²) in [6.07, 6.45) is 0. The number of hydrogen-bond acceptors (Lipinski definition) is 3. The molecule has 1 aromatic carbocycles. The van der Waals surface area contributed by atoms with Gasteiger partial charge in [-0.05, 0) is 38.1 Å². The van der Waals surface area contributed by atoms with E-state index in [0.29, 0.717) is 0 Å². The maximum Gasteiger partial charge on any atom is 0.387 e. The number of halogens is 2. The minimum absolute atomic E-state index is 0.00761. The lowest BCUT2D eigenvalue weighted by atomic mass is 10.2. The average Bonchev–Trinajstić information content (AvgIpc) is 2.36. The van der Waals surface area contributed by atoms with E-state index in [-0.39, 0.29) is 35.7 Å². The number of benzene rings is 1. The van der Waals surface area contributed by atoms with Gasteiger partial charge in [-0.1, -0.05) is 0 Å². The van der Waals surface area contributed by atoms with E-state index in [1.54, 1.807) is 0 Å². The number of amides is 2. The monoisotopic (exact) mass is 300 g/mol.